The van der Waals surface area contributed by atoms with Gasteiger partial charge in [-0.3, -0.25) is 4.79 Å². The smallest absolute Gasteiger partial charge is 0.337 e. The maximum absolute atomic E-state index is 12.1. The third kappa shape index (κ3) is 3.49. The number of amides is 1. The molecule has 0 aliphatic carbocycles. The van der Waals surface area contributed by atoms with E-state index < -0.39 is 5.97 Å². The number of nitrogens with zero attached hydrogens (tertiary/aromatic N) is 1. The molecule has 0 bridgehead atoms. The van der Waals surface area contributed by atoms with Gasteiger partial charge in [0.2, 0.25) is 5.91 Å². The number of carboxylic acid groups (broad SMARTS) is 1. The minimum atomic E-state index is -1.11. The second-order valence-electron chi connectivity index (χ2n) is 4.52. The number of halogens is 1. The Morgan fingerprint density at radius 2 is 2.10 bits per heavy atom. The van der Waals surface area contributed by atoms with Crippen molar-refractivity contribution in [1.82, 2.24) is 5.16 Å². The van der Waals surface area contributed by atoms with Crippen LogP contribution in [0.4, 0.5) is 5.69 Å². The molecule has 110 valence electrons. The third-order valence-corrected chi connectivity index (χ3v) is 3.50. The molecule has 0 aliphatic rings. The Bertz CT molecular complexity index is 689. The number of hydrogen-bond donors (Lipinski definition) is 2. The van der Waals surface area contributed by atoms with E-state index in [9.17, 15) is 9.59 Å². The van der Waals surface area contributed by atoms with Crippen molar-refractivity contribution in [3.8, 4) is 0 Å². The first-order chi connectivity index (χ1) is 9.88. The number of nitrogens with one attached hydrogen (secondary N) is 1. The molecule has 2 aromatic rings. The Morgan fingerprint density at radius 1 is 1.38 bits per heavy atom. The van der Waals surface area contributed by atoms with E-state index in [2.05, 4.69) is 26.4 Å². The Hall–Kier alpha value is -2.15. The van der Waals surface area contributed by atoms with Crippen molar-refractivity contribution in [1.29, 1.82) is 0 Å². The fourth-order valence-corrected chi connectivity index (χ4v) is 2.27. The summed E-state index contributed by atoms with van der Waals surface area (Å²) in [6.07, 6.45) is 0.0797. The summed E-state index contributed by atoms with van der Waals surface area (Å²) in [5, 5.41) is 15.5. The lowest BCUT2D eigenvalue weighted by Gasteiger charge is -2.09. The molecule has 0 aliphatic heterocycles. The van der Waals surface area contributed by atoms with Gasteiger partial charge >= 0.3 is 5.97 Å². The summed E-state index contributed by atoms with van der Waals surface area (Å²) < 4.78 is 5.62. The van der Waals surface area contributed by atoms with Gasteiger partial charge in [-0.2, -0.15) is 0 Å². The van der Waals surface area contributed by atoms with E-state index in [1.807, 2.05) is 0 Å². The molecule has 0 spiro atoms. The molecule has 1 aromatic carbocycles. The topological polar surface area (TPSA) is 92.4 Å². The van der Waals surface area contributed by atoms with Crippen LogP contribution in [0.5, 0.6) is 0 Å². The number of benzene rings is 1. The lowest BCUT2D eigenvalue weighted by molar-refractivity contribution is -0.115. The molecule has 0 radical (unpaired) electrons. The molecular formula is C14H13BrN2O4. The standard InChI is InChI=1S/C14H13BrN2O4/c1-7-10(8(2)21-17-7)6-13(18)16-12-4-3-9(15)5-11(12)14(19)20/h3-5H,6H2,1-2H3,(H,16,18)(H,19,20). The molecule has 0 atom stereocenters. The number of carbonyl (C=O) groups is 2. The van der Waals surface area contributed by atoms with Crippen molar-refractivity contribution in [2.24, 2.45) is 0 Å². The van der Waals surface area contributed by atoms with Crippen LogP contribution in [-0.4, -0.2) is 22.1 Å². The maximum atomic E-state index is 12.1. The highest BCUT2D eigenvalue weighted by Gasteiger charge is 2.16. The molecule has 0 saturated heterocycles. The fraction of sp³-hybridized carbons (Fsp3) is 0.214. The molecule has 0 fully saturated rings. The number of aromatic nitrogens is 1. The van der Waals surface area contributed by atoms with Crippen LogP contribution < -0.4 is 5.32 Å². The van der Waals surface area contributed by atoms with E-state index in [4.69, 9.17) is 9.63 Å². The van der Waals surface area contributed by atoms with Gasteiger partial charge in [-0.1, -0.05) is 21.1 Å². The van der Waals surface area contributed by atoms with Crippen LogP contribution in [0.2, 0.25) is 0 Å². The van der Waals surface area contributed by atoms with Gasteiger partial charge in [0.05, 0.1) is 23.4 Å². The molecule has 2 rings (SSSR count). The summed E-state index contributed by atoms with van der Waals surface area (Å²) in [6.45, 7) is 3.48. The number of aromatic carboxylic acids is 1. The summed E-state index contributed by atoms with van der Waals surface area (Å²) >= 11 is 3.20. The summed E-state index contributed by atoms with van der Waals surface area (Å²) in [5.74, 6) is -0.852. The number of carbonyl (C=O) groups excluding carboxylic acids is 1. The highest BCUT2D eigenvalue weighted by Crippen LogP contribution is 2.22. The number of anilines is 1. The van der Waals surface area contributed by atoms with Crippen molar-refractivity contribution in [3.63, 3.8) is 0 Å². The van der Waals surface area contributed by atoms with Crippen molar-refractivity contribution < 1.29 is 19.2 Å². The Labute approximate surface area is 129 Å². The molecule has 0 unspecified atom stereocenters. The average molecular weight is 353 g/mol. The minimum absolute atomic E-state index is 0.0245. The predicted octanol–water partition coefficient (Wildman–Crippen LogP) is 2.93. The normalized spacial score (nSPS) is 10.4. The van der Waals surface area contributed by atoms with Crippen LogP contribution >= 0.6 is 15.9 Å². The minimum Gasteiger partial charge on any atom is -0.478 e. The highest BCUT2D eigenvalue weighted by atomic mass is 79.9. The number of aryl methyl sites for hydroxylation is 2. The van der Waals surface area contributed by atoms with E-state index in [0.29, 0.717) is 21.5 Å². The molecule has 6 nitrogen and oxygen atoms in total. The van der Waals surface area contributed by atoms with Crippen molar-refractivity contribution >= 4 is 33.5 Å². The first kappa shape index (κ1) is 15.2. The van der Waals surface area contributed by atoms with Crippen LogP contribution in [0.3, 0.4) is 0 Å². The van der Waals surface area contributed by atoms with Gasteiger partial charge in [0.15, 0.2) is 0 Å². The SMILES string of the molecule is Cc1noc(C)c1CC(=O)Nc1ccc(Br)cc1C(=O)O. The van der Waals surface area contributed by atoms with E-state index in [0.717, 1.165) is 0 Å². The summed E-state index contributed by atoms with van der Waals surface area (Å²) in [6, 6.07) is 4.64. The van der Waals surface area contributed by atoms with Gasteiger partial charge in [0.1, 0.15) is 5.76 Å². The average Bonchev–Trinajstić information content (AvgIpc) is 2.72. The summed E-state index contributed by atoms with van der Waals surface area (Å²) in [5.41, 5.74) is 1.64. The van der Waals surface area contributed by atoms with E-state index in [1.54, 1.807) is 26.0 Å². The molecule has 1 aromatic heterocycles. The van der Waals surface area contributed by atoms with Gasteiger partial charge < -0.3 is 14.9 Å². The molecule has 7 heteroatoms. The molecule has 0 saturated carbocycles. The number of carboxylic acids is 1. The predicted molar refractivity (Wildman–Crippen MR) is 79.4 cm³/mol. The van der Waals surface area contributed by atoms with E-state index in [1.165, 1.54) is 6.07 Å². The largest absolute Gasteiger partial charge is 0.478 e. The van der Waals surface area contributed by atoms with Crippen LogP contribution in [0.25, 0.3) is 0 Å². The Balaban J connectivity index is 2.19. The van der Waals surface area contributed by atoms with Gasteiger partial charge in [-0.25, -0.2) is 4.79 Å². The zero-order valence-corrected chi connectivity index (χ0v) is 13.0. The van der Waals surface area contributed by atoms with Gasteiger partial charge in [0.25, 0.3) is 0 Å². The summed E-state index contributed by atoms with van der Waals surface area (Å²) in [4.78, 5) is 23.2. The molecule has 21 heavy (non-hydrogen) atoms. The first-order valence-electron chi connectivity index (χ1n) is 6.13. The van der Waals surface area contributed by atoms with E-state index >= 15 is 0 Å². The molecular weight excluding hydrogens is 340 g/mol. The Kier molecular flexibility index (Phi) is 4.42. The summed E-state index contributed by atoms with van der Waals surface area (Å²) in [7, 11) is 0. The monoisotopic (exact) mass is 352 g/mol. The first-order valence-corrected chi connectivity index (χ1v) is 6.92. The molecule has 1 amide bonds. The zero-order valence-electron chi connectivity index (χ0n) is 11.4. The van der Waals surface area contributed by atoms with Gasteiger partial charge in [-0.05, 0) is 32.0 Å². The zero-order chi connectivity index (χ0) is 15.6. The quantitative estimate of drug-likeness (QED) is 0.882. The van der Waals surface area contributed by atoms with Crippen LogP contribution in [0, 0.1) is 13.8 Å². The van der Waals surface area contributed by atoms with Gasteiger partial charge in [-0.15, -0.1) is 0 Å². The van der Waals surface area contributed by atoms with Gasteiger partial charge in [0, 0.05) is 10.0 Å². The van der Waals surface area contributed by atoms with Crippen molar-refractivity contribution in [2.45, 2.75) is 20.3 Å². The van der Waals surface area contributed by atoms with Crippen LogP contribution in [0.15, 0.2) is 27.2 Å². The number of hydrogen-bond acceptors (Lipinski definition) is 4. The van der Waals surface area contributed by atoms with Crippen LogP contribution in [-0.2, 0) is 11.2 Å². The number of rotatable bonds is 4. The lowest BCUT2D eigenvalue weighted by Crippen LogP contribution is -2.17. The van der Waals surface area contributed by atoms with Crippen molar-refractivity contribution in [3.05, 3.63) is 45.3 Å². The second-order valence-corrected chi connectivity index (χ2v) is 5.44. The lowest BCUT2D eigenvalue weighted by atomic mass is 10.1. The second kappa shape index (κ2) is 6.09. The molecule has 2 N–H and O–H groups in total. The third-order valence-electron chi connectivity index (χ3n) is 3.00. The molecule has 1 heterocycles. The fourth-order valence-electron chi connectivity index (χ4n) is 1.91. The van der Waals surface area contributed by atoms with Crippen molar-refractivity contribution in [2.75, 3.05) is 5.32 Å². The highest BCUT2D eigenvalue weighted by molar-refractivity contribution is 9.10. The van der Waals surface area contributed by atoms with Crippen LogP contribution in [0.1, 0.15) is 27.4 Å². The van der Waals surface area contributed by atoms with E-state index in [-0.39, 0.29) is 23.6 Å². The maximum Gasteiger partial charge on any atom is 0.337 e. The Morgan fingerprint density at radius 3 is 2.67 bits per heavy atom.